The molecule has 1 aromatic rings. The quantitative estimate of drug-likeness (QED) is 0.617. The molecule has 0 saturated heterocycles. The van der Waals surface area contributed by atoms with E-state index in [2.05, 4.69) is 57.7 Å². The molecule has 0 aromatic heterocycles. The first-order valence-corrected chi connectivity index (χ1v) is 5.05. The average molecular weight is 186 g/mol. The number of hydrogen-bond donors (Lipinski definition) is 0. The van der Waals surface area contributed by atoms with Gasteiger partial charge in [-0.2, -0.15) is 0 Å². The van der Waals surface area contributed by atoms with Gasteiger partial charge in [-0.05, 0) is 36.5 Å². The molecule has 0 radical (unpaired) electrons. The fourth-order valence-electron chi connectivity index (χ4n) is 1.62. The molecule has 0 spiro atoms. The summed E-state index contributed by atoms with van der Waals surface area (Å²) in [6.45, 7) is 10.2. The van der Waals surface area contributed by atoms with Crippen LogP contribution < -0.4 is 0 Å². The van der Waals surface area contributed by atoms with Crippen molar-refractivity contribution >= 4 is 6.08 Å². The van der Waals surface area contributed by atoms with Crippen molar-refractivity contribution in [3.63, 3.8) is 0 Å². The van der Waals surface area contributed by atoms with Crippen LogP contribution in [-0.2, 0) is 0 Å². The van der Waals surface area contributed by atoms with Gasteiger partial charge >= 0.3 is 0 Å². The Bertz CT molecular complexity index is 345. The SMILES string of the molecule is C=CC(C)c1cccc(C)c1/C=C\C. The van der Waals surface area contributed by atoms with E-state index in [1.165, 1.54) is 16.7 Å². The minimum Gasteiger partial charge on any atom is -0.102 e. The smallest absolute Gasteiger partial charge is 0.000709 e. The molecule has 1 rings (SSSR count). The molecule has 1 aromatic carbocycles. The maximum atomic E-state index is 3.84. The molecule has 0 bridgehead atoms. The monoisotopic (exact) mass is 186 g/mol. The first-order chi connectivity index (χ1) is 6.70. The van der Waals surface area contributed by atoms with Crippen molar-refractivity contribution in [2.24, 2.45) is 0 Å². The summed E-state index contributed by atoms with van der Waals surface area (Å²) in [5.74, 6) is 0.418. The molecule has 0 fully saturated rings. The van der Waals surface area contributed by atoms with E-state index in [1.807, 2.05) is 6.08 Å². The molecule has 74 valence electrons. The van der Waals surface area contributed by atoms with Crippen molar-refractivity contribution in [1.29, 1.82) is 0 Å². The number of benzene rings is 1. The van der Waals surface area contributed by atoms with Crippen LogP contribution in [0.25, 0.3) is 6.08 Å². The molecule has 0 amide bonds. The molecule has 0 N–H and O–H groups in total. The van der Waals surface area contributed by atoms with Gasteiger partial charge in [0.2, 0.25) is 0 Å². The van der Waals surface area contributed by atoms with Gasteiger partial charge in [0.05, 0.1) is 0 Å². The molecule has 1 atom stereocenters. The van der Waals surface area contributed by atoms with E-state index in [0.717, 1.165) is 0 Å². The minimum atomic E-state index is 0.418. The zero-order valence-corrected chi connectivity index (χ0v) is 9.25. The molecular formula is C14H18. The summed E-state index contributed by atoms with van der Waals surface area (Å²) in [6, 6.07) is 6.43. The number of rotatable bonds is 3. The van der Waals surface area contributed by atoms with E-state index in [9.17, 15) is 0 Å². The first kappa shape index (κ1) is 10.8. The van der Waals surface area contributed by atoms with Crippen molar-refractivity contribution in [2.45, 2.75) is 26.7 Å². The van der Waals surface area contributed by atoms with Gasteiger partial charge in [0.15, 0.2) is 0 Å². The highest BCUT2D eigenvalue weighted by atomic mass is 14.1. The molecule has 1 unspecified atom stereocenters. The van der Waals surface area contributed by atoms with Crippen LogP contribution >= 0.6 is 0 Å². The third-order valence-corrected chi connectivity index (χ3v) is 2.54. The van der Waals surface area contributed by atoms with E-state index >= 15 is 0 Å². The third kappa shape index (κ3) is 2.14. The molecule has 0 heteroatoms. The van der Waals surface area contributed by atoms with Gasteiger partial charge in [0.1, 0.15) is 0 Å². The normalized spacial score (nSPS) is 13.1. The van der Waals surface area contributed by atoms with Crippen molar-refractivity contribution < 1.29 is 0 Å². The van der Waals surface area contributed by atoms with Crippen molar-refractivity contribution in [3.8, 4) is 0 Å². The summed E-state index contributed by atoms with van der Waals surface area (Å²) >= 11 is 0. The maximum absolute atomic E-state index is 3.84. The van der Waals surface area contributed by atoms with Crippen molar-refractivity contribution in [1.82, 2.24) is 0 Å². The second kappa shape index (κ2) is 4.80. The van der Waals surface area contributed by atoms with Crippen LogP contribution in [0.2, 0.25) is 0 Å². The summed E-state index contributed by atoms with van der Waals surface area (Å²) in [6.07, 6.45) is 6.24. The Morgan fingerprint density at radius 1 is 1.36 bits per heavy atom. The summed E-state index contributed by atoms with van der Waals surface area (Å²) in [7, 11) is 0. The fourth-order valence-corrected chi connectivity index (χ4v) is 1.62. The average Bonchev–Trinajstić information content (AvgIpc) is 2.20. The van der Waals surface area contributed by atoms with Gasteiger partial charge in [-0.1, -0.05) is 43.4 Å². The molecule has 0 aliphatic rings. The predicted octanol–water partition coefficient (Wildman–Crippen LogP) is 4.32. The van der Waals surface area contributed by atoms with Gasteiger partial charge in [-0.15, -0.1) is 6.58 Å². The van der Waals surface area contributed by atoms with Crippen LogP contribution in [-0.4, -0.2) is 0 Å². The second-order valence-electron chi connectivity index (χ2n) is 3.60. The van der Waals surface area contributed by atoms with Crippen LogP contribution in [0.15, 0.2) is 36.9 Å². The number of aryl methyl sites for hydroxylation is 1. The first-order valence-electron chi connectivity index (χ1n) is 5.05. The van der Waals surface area contributed by atoms with E-state index in [0.29, 0.717) is 5.92 Å². The topological polar surface area (TPSA) is 0 Å². The lowest BCUT2D eigenvalue weighted by Crippen LogP contribution is -1.95. The van der Waals surface area contributed by atoms with Gasteiger partial charge in [0, 0.05) is 0 Å². The van der Waals surface area contributed by atoms with Crippen molar-refractivity contribution in [2.75, 3.05) is 0 Å². The van der Waals surface area contributed by atoms with Gasteiger partial charge in [0.25, 0.3) is 0 Å². The predicted molar refractivity (Wildman–Crippen MR) is 64.5 cm³/mol. The van der Waals surface area contributed by atoms with Gasteiger partial charge in [-0.3, -0.25) is 0 Å². The minimum absolute atomic E-state index is 0.418. The summed E-state index contributed by atoms with van der Waals surface area (Å²) < 4.78 is 0. The van der Waals surface area contributed by atoms with Crippen molar-refractivity contribution in [3.05, 3.63) is 53.6 Å². The Morgan fingerprint density at radius 2 is 2.07 bits per heavy atom. The Labute approximate surface area is 87.0 Å². The lowest BCUT2D eigenvalue weighted by atomic mass is 9.92. The molecular weight excluding hydrogens is 168 g/mol. The molecule has 14 heavy (non-hydrogen) atoms. The fraction of sp³-hybridized carbons (Fsp3) is 0.286. The summed E-state index contributed by atoms with van der Waals surface area (Å²) in [5.41, 5.74) is 4.02. The number of allylic oxidation sites excluding steroid dienone is 2. The van der Waals surface area contributed by atoms with Gasteiger partial charge < -0.3 is 0 Å². The summed E-state index contributed by atoms with van der Waals surface area (Å²) in [5, 5.41) is 0. The Balaban J connectivity index is 3.27. The van der Waals surface area contributed by atoms with Crippen LogP contribution in [0.3, 0.4) is 0 Å². The molecule has 0 heterocycles. The van der Waals surface area contributed by atoms with Crippen LogP contribution in [0.1, 0.15) is 36.5 Å². The second-order valence-corrected chi connectivity index (χ2v) is 3.60. The Morgan fingerprint density at radius 3 is 2.64 bits per heavy atom. The zero-order chi connectivity index (χ0) is 10.6. The summed E-state index contributed by atoms with van der Waals surface area (Å²) in [4.78, 5) is 0. The van der Waals surface area contributed by atoms with Crippen LogP contribution in [0, 0.1) is 6.92 Å². The third-order valence-electron chi connectivity index (χ3n) is 2.54. The lowest BCUT2D eigenvalue weighted by molar-refractivity contribution is 0.963. The molecule has 0 aliphatic carbocycles. The zero-order valence-electron chi connectivity index (χ0n) is 9.25. The standard InChI is InChI=1S/C14H18/c1-5-8-13-12(4)9-7-10-14(13)11(3)6-2/h5-11H,2H2,1,3-4H3/b8-5-. The highest BCUT2D eigenvalue weighted by Gasteiger charge is 2.06. The maximum Gasteiger partial charge on any atom is -0.000709 e. The van der Waals surface area contributed by atoms with Crippen LogP contribution in [0.5, 0.6) is 0 Å². The van der Waals surface area contributed by atoms with E-state index in [-0.39, 0.29) is 0 Å². The lowest BCUT2D eigenvalue weighted by Gasteiger charge is -2.12. The molecule has 0 saturated carbocycles. The van der Waals surface area contributed by atoms with E-state index in [1.54, 1.807) is 0 Å². The van der Waals surface area contributed by atoms with Gasteiger partial charge in [-0.25, -0.2) is 0 Å². The Kier molecular flexibility index (Phi) is 3.70. The largest absolute Gasteiger partial charge is 0.102 e. The van der Waals surface area contributed by atoms with E-state index < -0.39 is 0 Å². The highest BCUT2D eigenvalue weighted by Crippen LogP contribution is 2.24. The number of hydrogen-bond acceptors (Lipinski definition) is 0. The van der Waals surface area contributed by atoms with E-state index in [4.69, 9.17) is 0 Å². The Hall–Kier alpha value is -1.30. The highest BCUT2D eigenvalue weighted by molar-refractivity contribution is 5.58. The molecule has 0 aliphatic heterocycles. The van der Waals surface area contributed by atoms with Crippen LogP contribution in [0.4, 0.5) is 0 Å². The molecule has 0 nitrogen and oxygen atoms in total.